The number of nitrogens with one attached hydrogen (secondary N) is 1. The van der Waals surface area contributed by atoms with Gasteiger partial charge < -0.3 is 10.4 Å². The van der Waals surface area contributed by atoms with Crippen LogP contribution in [0.3, 0.4) is 0 Å². The lowest BCUT2D eigenvalue weighted by Gasteiger charge is -2.29. The molecular weight excluding hydrogens is 314 g/mol. The van der Waals surface area contributed by atoms with Gasteiger partial charge in [-0.1, -0.05) is 57.6 Å². The van der Waals surface area contributed by atoms with Crippen LogP contribution in [0.4, 0.5) is 0 Å². The van der Waals surface area contributed by atoms with Gasteiger partial charge in [-0.2, -0.15) is 5.10 Å². The number of carbonyl (C=O) groups excluding carboxylic acids is 1. The highest BCUT2D eigenvalue weighted by atomic mass is 35.5. The molecular formula is C17H28ClN3O2. The normalized spacial score (nSPS) is 17.5. The summed E-state index contributed by atoms with van der Waals surface area (Å²) in [6.07, 6.45) is 6.02. The molecule has 1 aromatic rings. The number of aryl methyl sites for hydroxylation is 1. The van der Waals surface area contributed by atoms with Crippen molar-refractivity contribution in [1.82, 2.24) is 15.1 Å². The molecule has 5 nitrogen and oxygen atoms in total. The highest BCUT2D eigenvalue weighted by Crippen LogP contribution is 2.30. The van der Waals surface area contributed by atoms with Gasteiger partial charge in [0.05, 0.1) is 11.3 Å². The molecule has 1 saturated carbocycles. The Hall–Kier alpha value is -1.07. The van der Waals surface area contributed by atoms with Crippen LogP contribution in [0.5, 0.6) is 0 Å². The van der Waals surface area contributed by atoms with Crippen molar-refractivity contribution in [3.63, 3.8) is 0 Å². The molecule has 2 N–H and O–H groups in total. The van der Waals surface area contributed by atoms with E-state index in [9.17, 15) is 9.90 Å². The lowest BCUT2D eigenvalue weighted by atomic mass is 9.80. The molecule has 1 amide bonds. The van der Waals surface area contributed by atoms with Gasteiger partial charge in [0.15, 0.2) is 0 Å². The molecule has 6 heteroatoms. The van der Waals surface area contributed by atoms with Gasteiger partial charge in [-0.25, -0.2) is 0 Å². The smallest absolute Gasteiger partial charge is 0.256 e. The minimum Gasteiger partial charge on any atom is -0.396 e. The Morgan fingerprint density at radius 1 is 1.39 bits per heavy atom. The van der Waals surface area contributed by atoms with Crippen LogP contribution in [-0.2, 0) is 7.05 Å². The number of aromatic nitrogens is 2. The summed E-state index contributed by atoms with van der Waals surface area (Å²) in [7, 11) is 1.74. The van der Waals surface area contributed by atoms with Crippen LogP contribution >= 0.6 is 11.6 Å². The van der Waals surface area contributed by atoms with Crippen molar-refractivity contribution in [2.24, 2.45) is 18.9 Å². The summed E-state index contributed by atoms with van der Waals surface area (Å²) < 4.78 is 1.54. The largest absolute Gasteiger partial charge is 0.396 e. The van der Waals surface area contributed by atoms with Crippen molar-refractivity contribution in [1.29, 1.82) is 0 Å². The summed E-state index contributed by atoms with van der Waals surface area (Å²) in [6.45, 7) is 4.59. The second-order valence-electron chi connectivity index (χ2n) is 6.88. The number of halogens is 1. The number of hydrogen-bond acceptors (Lipinski definition) is 3. The molecule has 0 unspecified atom stereocenters. The van der Waals surface area contributed by atoms with E-state index in [1.54, 1.807) is 7.05 Å². The van der Waals surface area contributed by atoms with Crippen LogP contribution in [0, 0.1) is 11.8 Å². The third-order valence-corrected chi connectivity index (χ3v) is 5.29. The average Bonchev–Trinajstić information content (AvgIpc) is 2.85. The molecule has 130 valence electrons. The number of rotatable bonds is 6. The maximum atomic E-state index is 12.6. The fraction of sp³-hybridized carbons (Fsp3) is 0.765. The van der Waals surface area contributed by atoms with Gasteiger partial charge >= 0.3 is 0 Å². The molecule has 1 aliphatic carbocycles. The fourth-order valence-corrected chi connectivity index (χ4v) is 3.66. The first kappa shape index (κ1) is 18.3. The summed E-state index contributed by atoms with van der Waals surface area (Å²) in [5, 5.41) is 17.3. The van der Waals surface area contributed by atoms with Crippen molar-refractivity contribution < 1.29 is 9.90 Å². The SMILES string of the molecule is CC(C)c1nn(C)c(Cl)c1C(=O)NC[C@@H](CO)C1CCCCC1. The molecule has 0 radical (unpaired) electrons. The lowest BCUT2D eigenvalue weighted by Crippen LogP contribution is -2.35. The molecule has 0 spiro atoms. The molecule has 0 aromatic carbocycles. The molecule has 0 saturated heterocycles. The highest BCUT2D eigenvalue weighted by Gasteiger charge is 2.26. The van der Waals surface area contributed by atoms with E-state index >= 15 is 0 Å². The molecule has 1 aromatic heterocycles. The molecule has 2 rings (SSSR count). The van der Waals surface area contributed by atoms with Crippen LogP contribution in [0.15, 0.2) is 0 Å². The second-order valence-corrected chi connectivity index (χ2v) is 7.24. The van der Waals surface area contributed by atoms with Crippen LogP contribution in [0.1, 0.15) is 67.9 Å². The van der Waals surface area contributed by atoms with E-state index in [-0.39, 0.29) is 24.3 Å². The summed E-state index contributed by atoms with van der Waals surface area (Å²) >= 11 is 6.24. The number of aliphatic hydroxyl groups is 1. The van der Waals surface area contributed by atoms with E-state index in [0.717, 1.165) is 12.8 Å². The van der Waals surface area contributed by atoms with Crippen LogP contribution in [0.25, 0.3) is 0 Å². The van der Waals surface area contributed by atoms with E-state index in [1.165, 1.54) is 23.9 Å². The van der Waals surface area contributed by atoms with E-state index in [1.807, 2.05) is 13.8 Å². The number of nitrogens with zero attached hydrogens (tertiary/aromatic N) is 2. The third kappa shape index (κ3) is 4.27. The molecule has 23 heavy (non-hydrogen) atoms. The predicted molar refractivity (Wildman–Crippen MR) is 91.8 cm³/mol. The van der Waals surface area contributed by atoms with E-state index < -0.39 is 0 Å². The van der Waals surface area contributed by atoms with Gasteiger partial charge in [-0.15, -0.1) is 0 Å². The standard InChI is InChI=1S/C17H28ClN3O2/c1-11(2)15-14(16(18)21(3)20-15)17(23)19-9-13(10-22)12-7-5-4-6-8-12/h11-13,22H,4-10H2,1-3H3,(H,19,23)/t13-/m0/s1. The monoisotopic (exact) mass is 341 g/mol. The van der Waals surface area contributed by atoms with Crippen molar-refractivity contribution >= 4 is 17.5 Å². The molecule has 0 bridgehead atoms. The maximum Gasteiger partial charge on any atom is 0.256 e. The zero-order chi connectivity index (χ0) is 17.0. The van der Waals surface area contributed by atoms with Gasteiger partial charge in [0.25, 0.3) is 5.91 Å². The molecule has 0 aliphatic heterocycles. The Bertz CT molecular complexity index is 536. The highest BCUT2D eigenvalue weighted by molar-refractivity contribution is 6.33. The second kappa shape index (κ2) is 8.15. The first-order chi connectivity index (χ1) is 11.0. The predicted octanol–water partition coefficient (Wildman–Crippen LogP) is 3.12. The van der Waals surface area contributed by atoms with Crippen LogP contribution in [-0.4, -0.2) is 33.9 Å². The van der Waals surface area contributed by atoms with Crippen molar-refractivity contribution in [2.75, 3.05) is 13.2 Å². The molecule has 1 heterocycles. The Morgan fingerprint density at radius 2 is 2.04 bits per heavy atom. The van der Waals surface area contributed by atoms with Gasteiger partial charge in [0.2, 0.25) is 0 Å². The zero-order valence-electron chi connectivity index (χ0n) is 14.3. The van der Waals surface area contributed by atoms with Gasteiger partial charge in [-0.05, 0) is 11.8 Å². The topological polar surface area (TPSA) is 67.2 Å². The van der Waals surface area contributed by atoms with Gasteiger partial charge in [-0.3, -0.25) is 9.48 Å². The first-order valence-electron chi connectivity index (χ1n) is 8.57. The van der Waals surface area contributed by atoms with Crippen molar-refractivity contribution in [2.45, 2.75) is 51.9 Å². The fourth-order valence-electron chi connectivity index (χ4n) is 3.44. The van der Waals surface area contributed by atoms with Gasteiger partial charge in [0, 0.05) is 26.1 Å². The summed E-state index contributed by atoms with van der Waals surface area (Å²) in [5.74, 6) is 0.558. The van der Waals surface area contributed by atoms with E-state index in [0.29, 0.717) is 28.9 Å². The van der Waals surface area contributed by atoms with Crippen LogP contribution < -0.4 is 5.32 Å². The summed E-state index contributed by atoms with van der Waals surface area (Å²) in [6, 6.07) is 0. The third-order valence-electron chi connectivity index (χ3n) is 4.85. The first-order valence-corrected chi connectivity index (χ1v) is 8.94. The summed E-state index contributed by atoms with van der Waals surface area (Å²) in [4.78, 5) is 12.6. The number of carbonyl (C=O) groups is 1. The maximum absolute atomic E-state index is 12.6. The Balaban J connectivity index is 2.04. The van der Waals surface area contributed by atoms with E-state index in [4.69, 9.17) is 11.6 Å². The number of aliphatic hydroxyl groups excluding tert-OH is 1. The quantitative estimate of drug-likeness (QED) is 0.835. The molecule has 1 fully saturated rings. The number of hydrogen-bond donors (Lipinski definition) is 2. The lowest BCUT2D eigenvalue weighted by molar-refractivity contribution is 0.0913. The van der Waals surface area contributed by atoms with E-state index in [2.05, 4.69) is 10.4 Å². The van der Waals surface area contributed by atoms with Crippen LogP contribution in [0.2, 0.25) is 5.15 Å². The van der Waals surface area contributed by atoms with Crippen molar-refractivity contribution in [3.05, 3.63) is 16.4 Å². The van der Waals surface area contributed by atoms with Gasteiger partial charge in [0.1, 0.15) is 5.15 Å². The Kier molecular flexibility index (Phi) is 6.48. The Morgan fingerprint density at radius 3 is 2.61 bits per heavy atom. The number of amides is 1. The Labute approximate surface area is 143 Å². The minimum absolute atomic E-state index is 0.114. The molecule has 1 aliphatic rings. The van der Waals surface area contributed by atoms with Crippen molar-refractivity contribution in [3.8, 4) is 0 Å². The minimum atomic E-state index is -0.193. The zero-order valence-corrected chi connectivity index (χ0v) is 15.1. The molecule has 1 atom stereocenters. The average molecular weight is 342 g/mol. The summed E-state index contributed by atoms with van der Waals surface area (Å²) in [5.41, 5.74) is 1.18.